The van der Waals surface area contributed by atoms with Crippen molar-refractivity contribution >= 4 is 31.9 Å². The average molecular weight is 410 g/mol. The van der Waals surface area contributed by atoms with E-state index in [4.69, 9.17) is 4.52 Å². The van der Waals surface area contributed by atoms with Gasteiger partial charge in [-0.2, -0.15) is 4.98 Å². The van der Waals surface area contributed by atoms with Crippen LogP contribution in [-0.2, 0) is 6.42 Å². The smallest absolute Gasteiger partial charge is 0.261 e. The van der Waals surface area contributed by atoms with Crippen LogP contribution in [-0.4, -0.2) is 15.2 Å². The van der Waals surface area contributed by atoms with E-state index in [9.17, 15) is 5.11 Å². The van der Waals surface area contributed by atoms with Gasteiger partial charge < -0.3 is 9.63 Å². The van der Waals surface area contributed by atoms with Gasteiger partial charge in [-0.15, -0.1) is 0 Å². The maximum Gasteiger partial charge on any atom is 0.261 e. The lowest BCUT2D eigenvalue weighted by atomic mass is 10.1. The maximum absolute atomic E-state index is 9.92. The van der Waals surface area contributed by atoms with Gasteiger partial charge in [-0.05, 0) is 29.8 Å². The molecule has 0 bridgehead atoms. The molecule has 106 valence electrons. The molecule has 3 aromatic rings. The molecule has 0 atom stereocenters. The van der Waals surface area contributed by atoms with Crippen LogP contribution in [0, 0.1) is 0 Å². The number of phenolic OH excluding ortho intramolecular Hbond substituents is 1. The molecular formula is C15H10Br2N2O2. The largest absolute Gasteiger partial charge is 0.507 e. The van der Waals surface area contributed by atoms with Crippen molar-refractivity contribution in [3.05, 3.63) is 62.8 Å². The van der Waals surface area contributed by atoms with Crippen molar-refractivity contribution in [3.63, 3.8) is 0 Å². The molecule has 0 radical (unpaired) electrons. The molecule has 0 amide bonds. The van der Waals surface area contributed by atoms with Gasteiger partial charge >= 0.3 is 0 Å². The van der Waals surface area contributed by atoms with Gasteiger partial charge in [-0.3, -0.25) is 0 Å². The summed E-state index contributed by atoms with van der Waals surface area (Å²) in [5.74, 6) is 0.974. The lowest BCUT2D eigenvalue weighted by Gasteiger charge is -2.00. The summed E-state index contributed by atoms with van der Waals surface area (Å²) in [4.78, 5) is 4.33. The predicted molar refractivity (Wildman–Crippen MR) is 86.0 cm³/mol. The van der Waals surface area contributed by atoms with E-state index >= 15 is 0 Å². The molecule has 0 aliphatic carbocycles. The van der Waals surface area contributed by atoms with Crippen LogP contribution in [0.2, 0.25) is 0 Å². The van der Waals surface area contributed by atoms with E-state index in [0.29, 0.717) is 23.7 Å². The van der Waals surface area contributed by atoms with Crippen LogP contribution < -0.4 is 0 Å². The molecule has 4 nitrogen and oxygen atoms in total. The van der Waals surface area contributed by atoms with Crippen LogP contribution in [0.4, 0.5) is 0 Å². The zero-order valence-corrected chi connectivity index (χ0v) is 13.9. The van der Waals surface area contributed by atoms with E-state index in [1.54, 1.807) is 12.1 Å². The van der Waals surface area contributed by atoms with Crippen molar-refractivity contribution in [2.75, 3.05) is 0 Å². The van der Waals surface area contributed by atoms with Gasteiger partial charge in [-0.1, -0.05) is 55.2 Å². The molecule has 0 saturated heterocycles. The summed E-state index contributed by atoms with van der Waals surface area (Å²) in [5, 5.41) is 13.9. The number of halogens is 2. The quantitative estimate of drug-likeness (QED) is 0.688. The molecule has 0 unspecified atom stereocenters. The summed E-state index contributed by atoms with van der Waals surface area (Å²) < 4.78 is 7.02. The molecule has 1 aromatic heterocycles. The van der Waals surface area contributed by atoms with Crippen molar-refractivity contribution in [1.82, 2.24) is 10.1 Å². The third-order valence-electron chi connectivity index (χ3n) is 2.96. The van der Waals surface area contributed by atoms with Crippen molar-refractivity contribution < 1.29 is 9.63 Å². The normalized spacial score (nSPS) is 10.8. The summed E-state index contributed by atoms with van der Waals surface area (Å²) in [5.41, 5.74) is 1.59. The van der Waals surface area contributed by atoms with Gasteiger partial charge in [0.1, 0.15) is 5.75 Å². The molecule has 3 rings (SSSR count). The molecule has 21 heavy (non-hydrogen) atoms. The number of aromatic hydroxyl groups is 1. The van der Waals surface area contributed by atoms with Gasteiger partial charge in [0.25, 0.3) is 5.89 Å². The molecular weight excluding hydrogens is 400 g/mol. The summed E-state index contributed by atoms with van der Waals surface area (Å²) in [6.45, 7) is 0. The molecule has 0 saturated carbocycles. The Balaban J connectivity index is 1.88. The molecule has 0 fully saturated rings. The fourth-order valence-corrected chi connectivity index (χ4v) is 2.71. The van der Waals surface area contributed by atoms with E-state index in [1.807, 2.05) is 30.3 Å². The molecule has 6 heteroatoms. The molecule has 1 N–H and O–H groups in total. The van der Waals surface area contributed by atoms with Crippen LogP contribution >= 0.6 is 31.9 Å². The van der Waals surface area contributed by atoms with Crippen LogP contribution in [0.3, 0.4) is 0 Å². The Morgan fingerprint density at radius 2 is 1.90 bits per heavy atom. The number of hydrogen-bond donors (Lipinski definition) is 1. The number of hydrogen-bond acceptors (Lipinski definition) is 4. The topological polar surface area (TPSA) is 59.2 Å². The minimum atomic E-state index is 0.0977. The van der Waals surface area contributed by atoms with Crippen LogP contribution in [0.25, 0.3) is 11.5 Å². The van der Waals surface area contributed by atoms with Crippen molar-refractivity contribution in [1.29, 1.82) is 0 Å². The highest BCUT2D eigenvalue weighted by Crippen LogP contribution is 2.30. The van der Waals surface area contributed by atoms with E-state index in [2.05, 4.69) is 42.0 Å². The molecule has 2 aromatic carbocycles. The van der Waals surface area contributed by atoms with Crippen LogP contribution in [0.1, 0.15) is 11.4 Å². The highest BCUT2D eigenvalue weighted by Gasteiger charge is 2.14. The maximum atomic E-state index is 9.92. The highest BCUT2D eigenvalue weighted by atomic mass is 79.9. The minimum Gasteiger partial charge on any atom is -0.507 e. The van der Waals surface area contributed by atoms with Crippen LogP contribution in [0.15, 0.2) is 55.9 Å². The summed E-state index contributed by atoms with van der Waals surface area (Å²) in [6.07, 6.45) is 0.558. The fourth-order valence-electron chi connectivity index (χ4n) is 1.93. The fraction of sp³-hybridized carbons (Fsp3) is 0.0667. The Labute approximate surface area is 138 Å². The van der Waals surface area contributed by atoms with Gasteiger partial charge in [0, 0.05) is 15.4 Å². The van der Waals surface area contributed by atoms with Gasteiger partial charge in [-0.25, -0.2) is 0 Å². The lowest BCUT2D eigenvalue weighted by molar-refractivity contribution is 0.418. The number of rotatable bonds is 3. The summed E-state index contributed by atoms with van der Waals surface area (Å²) in [6, 6.07) is 13.0. The first kappa shape index (κ1) is 14.3. The number of nitrogens with zero attached hydrogens (tertiary/aromatic N) is 2. The van der Waals surface area contributed by atoms with Gasteiger partial charge in [0.15, 0.2) is 5.82 Å². The second-order valence-corrected chi connectivity index (χ2v) is 6.22. The monoisotopic (exact) mass is 408 g/mol. The minimum absolute atomic E-state index is 0.0977. The number of phenols is 1. The SMILES string of the molecule is Oc1cc(Br)ccc1-c1nc(Cc2ccccc2Br)no1. The predicted octanol–water partition coefficient (Wildman–Crippen LogP) is 4.56. The first-order chi connectivity index (χ1) is 10.1. The molecule has 0 aliphatic heterocycles. The molecule has 0 spiro atoms. The van der Waals surface area contributed by atoms with Crippen LogP contribution in [0.5, 0.6) is 5.75 Å². The third-order valence-corrected chi connectivity index (χ3v) is 4.23. The molecule has 0 aliphatic rings. The summed E-state index contributed by atoms with van der Waals surface area (Å²) >= 11 is 6.79. The Morgan fingerprint density at radius 1 is 1.10 bits per heavy atom. The second-order valence-electron chi connectivity index (χ2n) is 4.45. The Kier molecular flexibility index (Phi) is 4.07. The Morgan fingerprint density at radius 3 is 2.67 bits per heavy atom. The zero-order chi connectivity index (χ0) is 14.8. The standard InChI is InChI=1S/C15H10Br2N2O2/c16-10-5-6-11(13(20)8-10)15-18-14(19-21-15)7-9-3-1-2-4-12(9)17/h1-6,8,20H,7H2. The third kappa shape index (κ3) is 3.16. The Hall–Kier alpha value is -1.66. The van der Waals surface area contributed by atoms with Gasteiger partial charge in [0.2, 0.25) is 0 Å². The first-order valence-corrected chi connectivity index (χ1v) is 7.77. The van der Waals surface area contributed by atoms with Gasteiger partial charge in [0.05, 0.1) is 5.56 Å². The van der Waals surface area contributed by atoms with Crippen molar-refractivity contribution in [2.45, 2.75) is 6.42 Å². The van der Waals surface area contributed by atoms with E-state index < -0.39 is 0 Å². The average Bonchev–Trinajstić information content (AvgIpc) is 2.90. The second kappa shape index (κ2) is 5.99. The first-order valence-electron chi connectivity index (χ1n) is 6.18. The van der Waals surface area contributed by atoms with Crippen molar-refractivity contribution in [3.8, 4) is 17.2 Å². The number of aromatic nitrogens is 2. The molecule has 1 heterocycles. The lowest BCUT2D eigenvalue weighted by Crippen LogP contribution is -1.91. The Bertz CT molecular complexity index is 787. The van der Waals surface area contributed by atoms with E-state index in [0.717, 1.165) is 14.5 Å². The van der Waals surface area contributed by atoms with E-state index in [-0.39, 0.29) is 5.75 Å². The zero-order valence-electron chi connectivity index (χ0n) is 10.8. The number of benzene rings is 2. The van der Waals surface area contributed by atoms with Crippen molar-refractivity contribution in [2.24, 2.45) is 0 Å². The van der Waals surface area contributed by atoms with E-state index in [1.165, 1.54) is 0 Å². The summed E-state index contributed by atoms with van der Waals surface area (Å²) in [7, 11) is 0. The highest BCUT2D eigenvalue weighted by molar-refractivity contribution is 9.10.